The van der Waals surface area contributed by atoms with Crippen molar-refractivity contribution in [1.29, 1.82) is 0 Å². The van der Waals surface area contributed by atoms with Gasteiger partial charge in [0, 0.05) is 18.2 Å². The minimum absolute atomic E-state index is 0.0749. The van der Waals surface area contributed by atoms with Crippen LogP contribution in [0.2, 0.25) is 5.15 Å². The summed E-state index contributed by atoms with van der Waals surface area (Å²) in [6.07, 6.45) is -3.18. The molecule has 0 saturated carbocycles. The van der Waals surface area contributed by atoms with Crippen LogP contribution >= 0.6 is 11.6 Å². The minimum Gasteiger partial charge on any atom is -0.507 e. The molecule has 0 radical (unpaired) electrons. The van der Waals surface area contributed by atoms with Gasteiger partial charge in [0.05, 0.1) is 17.0 Å². The molecule has 1 aromatic carbocycles. The highest BCUT2D eigenvalue weighted by Crippen LogP contribution is 2.30. The monoisotopic (exact) mass is 444 g/mol. The van der Waals surface area contributed by atoms with E-state index in [0.29, 0.717) is 11.4 Å². The van der Waals surface area contributed by atoms with Gasteiger partial charge in [-0.3, -0.25) is 14.9 Å². The van der Waals surface area contributed by atoms with Crippen LogP contribution in [0.4, 0.5) is 23.2 Å². The summed E-state index contributed by atoms with van der Waals surface area (Å²) in [4.78, 5) is 16.3. The Bertz CT molecular complexity index is 1000. The number of amides is 1. The van der Waals surface area contributed by atoms with E-state index in [2.05, 4.69) is 20.5 Å². The lowest BCUT2D eigenvalue weighted by Gasteiger charge is -2.09. The van der Waals surface area contributed by atoms with Crippen molar-refractivity contribution in [3.05, 3.63) is 58.8 Å². The van der Waals surface area contributed by atoms with Crippen LogP contribution in [0.5, 0.6) is 5.75 Å². The highest BCUT2D eigenvalue weighted by atomic mass is 35.5. The molecule has 0 spiro atoms. The molecule has 30 heavy (non-hydrogen) atoms. The third kappa shape index (κ3) is 5.93. The predicted octanol–water partition coefficient (Wildman–Crippen LogP) is 5.49. The molecule has 1 amide bonds. The van der Waals surface area contributed by atoms with E-state index in [4.69, 9.17) is 11.6 Å². The van der Waals surface area contributed by atoms with Crippen molar-refractivity contribution >= 4 is 23.2 Å². The second-order valence-corrected chi connectivity index (χ2v) is 6.36. The third-order valence-electron chi connectivity index (χ3n) is 3.81. The van der Waals surface area contributed by atoms with Gasteiger partial charge in [-0.25, -0.2) is 4.39 Å². The fourth-order valence-electron chi connectivity index (χ4n) is 2.19. The standard InChI is InChI=1S/C16H12ClFN4O2.C3H5F3/c1-8-14(15(17)22-21-8)20-16(24)10-6-11(18)9(7-13(10)23)12-4-2-3-5-19-12;1-2-3(4,5)6/h2-7,23H,1H3,(H,20,24)(H,21,22);2H2,1H3. The van der Waals surface area contributed by atoms with Gasteiger partial charge in [-0.1, -0.05) is 24.6 Å². The van der Waals surface area contributed by atoms with Crippen LogP contribution < -0.4 is 5.32 Å². The van der Waals surface area contributed by atoms with Gasteiger partial charge in [-0.05, 0) is 31.2 Å². The van der Waals surface area contributed by atoms with E-state index in [1.165, 1.54) is 6.20 Å². The number of nitrogens with zero attached hydrogens (tertiary/aromatic N) is 2. The Morgan fingerprint density at radius 3 is 2.47 bits per heavy atom. The van der Waals surface area contributed by atoms with E-state index in [9.17, 15) is 27.5 Å². The first-order chi connectivity index (χ1) is 14.0. The van der Waals surface area contributed by atoms with Crippen molar-refractivity contribution < 1.29 is 27.5 Å². The molecule has 160 valence electrons. The van der Waals surface area contributed by atoms with E-state index in [1.807, 2.05) is 0 Å². The summed E-state index contributed by atoms with van der Waals surface area (Å²) in [5.41, 5.74) is 1.05. The smallest absolute Gasteiger partial charge is 0.388 e. The van der Waals surface area contributed by atoms with Crippen molar-refractivity contribution in [2.45, 2.75) is 26.4 Å². The number of rotatable bonds is 3. The third-order valence-corrected chi connectivity index (χ3v) is 4.09. The topological polar surface area (TPSA) is 90.9 Å². The number of alkyl halides is 3. The van der Waals surface area contributed by atoms with Gasteiger partial charge in [-0.2, -0.15) is 18.3 Å². The highest BCUT2D eigenvalue weighted by molar-refractivity contribution is 6.33. The first kappa shape index (κ1) is 23.1. The Kier molecular flexibility index (Phi) is 7.38. The van der Waals surface area contributed by atoms with Crippen molar-refractivity contribution in [1.82, 2.24) is 15.2 Å². The molecule has 3 rings (SSSR count). The van der Waals surface area contributed by atoms with Gasteiger partial charge < -0.3 is 10.4 Å². The number of carbonyl (C=O) groups excluding carboxylic acids is 1. The lowest BCUT2D eigenvalue weighted by Crippen LogP contribution is -2.13. The van der Waals surface area contributed by atoms with Gasteiger partial charge in [0.25, 0.3) is 5.91 Å². The van der Waals surface area contributed by atoms with Gasteiger partial charge in [0.1, 0.15) is 17.3 Å². The maximum absolute atomic E-state index is 14.3. The molecule has 0 bridgehead atoms. The van der Waals surface area contributed by atoms with Gasteiger partial charge in [0.2, 0.25) is 0 Å². The number of aryl methyl sites for hydroxylation is 1. The van der Waals surface area contributed by atoms with Gasteiger partial charge >= 0.3 is 6.18 Å². The van der Waals surface area contributed by atoms with Crippen molar-refractivity contribution in [2.24, 2.45) is 0 Å². The zero-order valence-electron chi connectivity index (χ0n) is 15.8. The molecule has 11 heteroatoms. The summed E-state index contributed by atoms with van der Waals surface area (Å²) in [5, 5.41) is 19.0. The van der Waals surface area contributed by atoms with Crippen LogP contribution in [0.15, 0.2) is 36.5 Å². The van der Waals surface area contributed by atoms with E-state index >= 15 is 0 Å². The predicted molar refractivity (Wildman–Crippen MR) is 104 cm³/mol. The molecule has 0 aliphatic heterocycles. The number of carbonyl (C=O) groups is 1. The highest BCUT2D eigenvalue weighted by Gasteiger charge is 2.22. The number of H-pyrrole nitrogens is 1. The molecule has 2 aromatic heterocycles. The molecule has 3 aromatic rings. The van der Waals surface area contributed by atoms with E-state index in [-0.39, 0.29) is 27.7 Å². The van der Waals surface area contributed by atoms with Gasteiger partial charge in [-0.15, -0.1) is 0 Å². The van der Waals surface area contributed by atoms with E-state index in [1.54, 1.807) is 25.1 Å². The number of anilines is 1. The average molecular weight is 445 g/mol. The molecule has 3 N–H and O–H groups in total. The number of aromatic nitrogens is 3. The Labute approximate surface area is 173 Å². The summed E-state index contributed by atoms with van der Waals surface area (Å²) in [6, 6.07) is 7.11. The second-order valence-electron chi connectivity index (χ2n) is 6.00. The molecule has 2 heterocycles. The van der Waals surface area contributed by atoms with Gasteiger partial charge in [0.15, 0.2) is 5.15 Å². The summed E-state index contributed by atoms with van der Waals surface area (Å²) < 4.78 is 46.7. The Morgan fingerprint density at radius 2 is 1.97 bits per heavy atom. The van der Waals surface area contributed by atoms with Crippen molar-refractivity contribution in [2.75, 3.05) is 5.32 Å². The van der Waals surface area contributed by atoms with Crippen molar-refractivity contribution in [3.63, 3.8) is 0 Å². The normalized spacial score (nSPS) is 10.9. The van der Waals surface area contributed by atoms with Crippen LogP contribution in [-0.2, 0) is 0 Å². The number of aromatic amines is 1. The number of halogens is 5. The summed E-state index contributed by atoms with van der Waals surface area (Å²) >= 11 is 5.85. The Morgan fingerprint density at radius 1 is 1.30 bits per heavy atom. The van der Waals surface area contributed by atoms with Crippen LogP contribution in [-0.4, -0.2) is 32.4 Å². The van der Waals surface area contributed by atoms with E-state index < -0.39 is 24.3 Å². The summed E-state index contributed by atoms with van der Waals surface area (Å²) in [5.74, 6) is -1.75. The summed E-state index contributed by atoms with van der Waals surface area (Å²) in [7, 11) is 0. The SMILES string of the molecule is CCC(F)(F)F.Cc1[nH]nc(Cl)c1NC(=O)c1cc(F)c(-c2ccccn2)cc1O. The zero-order valence-corrected chi connectivity index (χ0v) is 16.6. The van der Waals surface area contributed by atoms with Crippen LogP contribution in [0.1, 0.15) is 29.4 Å². The Hall–Kier alpha value is -3.14. The molecule has 0 aliphatic carbocycles. The minimum atomic E-state index is -3.96. The number of benzene rings is 1. The maximum Gasteiger partial charge on any atom is 0.388 e. The number of nitrogens with one attached hydrogen (secondary N) is 2. The number of phenols is 1. The zero-order chi connectivity index (χ0) is 22.5. The molecular formula is C19H17ClF4N4O2. The summed E-state index contributed by atoms with van der Waals surface area (Å²) in [6.45, 7) is 2.75. The fraction of sp³-hybridized carbons (Fsp3) is 0.211. The number of hydrogen-bond donors (Lipinski definition) is 3. The first-order valence-electron chi connectivity index (χ1n) is 8.56. The molecular weight excluding hydrogens is 428 g/mol. The maximum atomic E-state index is 14.3. The van der Waals surface area contributed by atoms with Crippen LogP contribution in [0, 0.1) is 12.7 Å². The quantitative estimate of drug-likeness (QED) is 0.466. The molecule has 0 aliphatic rings. The molecule has 0 unspecified atom stereocenters. The lowest BCUT2D eigenvalue weighted by molar-refractivity contribution is -0.130. The molecule has 0 fully saturated rings. The molecule has 0 saturated heterocycles. The second kappa shape index (κ2) is 9.57. The molecule has 0 atom stereocenters. The average Bonchev–Trinajstić information content (AvgIpc) is 3.02. The largest absolute Gasteiger partial charge is 0.507 e. The lowest BCUT2D eigenvalue weighted by atomic mass is 10.1. The number of phenolic OH excluding ortho intramolecular Hbond substituents is 1. The van der Waals surface area contributed by atoms with Crippen LogP contribution in [0.3, 0.4) is 0 Å². The van der Waals surface area contributed by atoms with Crippen molar-refractivity contribution in [3.8, 4) is 17.0 Å². The fourth-order valence-corrected chi connectivity index (χ4v) is 2.42. The molecule has 6 nitrogen and oxygen atoms in total. The first-order valence-corrected chi connectivity index (χ1v) is 8.93. The van der Waals surface area contributed by atoms with Crippen LogP contribution in [0.25, 0.3) is 11.3 Å². The number of pyridine rings is 1. The number of hydrogen-bond acceptors (Lipinski definition) is 4. The number of aromatic hydroxyl groups is 1. The Balaban J connectivity index is 0.000000469. The van der Waals surface area contributed by atoms with E-state index in [0.717, 1.165) is 19.1 Å².